The lowest BCUT2D eigenvalue weighted by Gasteiger charge is -2.20. The Balaban J connectivity index is 3.11. The summed E-state index contributed by atoms with van der Waals surface area (Å²) in [5, 5.41) is 7.53. The summed E-state index contributed by atoms with van der Waals surface area (Å²) in [5.41, 5.74) is 0.784. The Labute approximate surface area is 127 Å². The molecule has 0 bridgehead atoms. The average Bonchev–Trinajstić information content (AvgIpc) is 2.77. The molecule has 1 unspecified atom stereocenters. The standard InChI is InChI=1S/C13H26N4O3S/c1-6-14-11(10-21(5,18)19)13-12(20-4)9-15-17(13)8-7-16(2)3/h9,11,14H,6-8,10H2,1-5H3. The molecule has 1 aromatic rings. The maximum absolute atomic E-state index is 11.7. The molecule has 0 aliphatic carbocycles. The summed E-state index contributed by atoms with van der Waals surface area (Å²) in [6.07, 6.45) is 2.88. The van der Waals surface area contributed by atoms with Crippen molar-refractivity contribution in [2.45, 2.75) is 19.5 Å². The third kappa shape index (κ3) is 5.64. The Bertz CT molecular complexity index is 540. The number of hydrogen-bond donors (Lipinski definition) is 1. The number of nitrogens with zero attached hydrogens (tertiary/aromatic N) is 3. The van der Waals surface area contributed by atoms with Gasteiger partial charge in [-0.3, -0.25) is 4.68 Å². The van der Waals surface area contributed by atoms with Crippen LogP contribution in [0.3, 0.4) is 0 Å². The summed E-state index contributed by atoms with van der Waals surface area (Å²) >= 11 is 0. The molecule has 1 N–H and O–H groups in total. The first-order chi connectivity index (χ1) is 9.78. The molecule has 1 heterocycles. The predicted octanol–water partition coefficient (Wildman–Crippen LogP) is 0.149. The van der Waals surface area contributed by atoms with Crippen LogP contribution in [0.4, 0.5) is 0 Å². The first-order valence-corrected chi connectivity index (χ1v) is 9.00. The molecule has 0 aliphatic heterocycles. The molecule has 1 rings (SSSR count). The van der Waals surface area contributed by atoms with Gasteiger partial charge in [0.2, 0.25) is 0 Å². The van der Waals surface area contributed by atoms with Crippen molar-refractivity contribution in [1.82, 2.24) is 20.0 Å². The van der Waals surface area contributed by atoms with Gasteiger partial charge in [-0.15, -0.1) is 0 Å². The third-order valence-corrected chi connectivity index (χ3v) is 4.01. The predicted molar refractivity (Wildman–Crippen MR) is 83.5 cm³/mol. The van der Waals surface area contributed by atoms with Crippen LogP contribution in [-0.4, -0.2) is 69.4 Å². The van der Waals surface area contributed by atoms with Crippen LogP contribution in [0.1, 0.15) is 18.7 Å². The van der Waals surface area contributed by atoms with Gasteiger partial charge in [0.1, 0.15) is 9.84 Å². The maximum Gasteiger partial charge on any atom is 0.161 e. The van der Waals surface area contributed by atoms with Crippen molar-refractivity contribution in [3.8, 4) is 5.75 Å². The Kier molecular flexibility index (Phi) is 6.63. The fourth-order valence-corrected chi connectivity index (χ4v) is 3.02. The van der Waals surface area contributed by atoms with Gasteiger partial charge in [-0.25, -0.2) is 8.42 Å². The molecule has 8 heteroatoms. The second-order valence-electron chi connectivity index (χ2n) is 5.33. The summed E-state index contributed by atoms with van der Waals surface area (Å²) in [4.78, 5) is 2.05. The number of ether oxygens (including phenoxy) is 1. The zero-order chi connectivity index (χ0) is 16.0. The van der Waals surface area contributed by atoms with E-state index in [1.807, 2.05) is 25.7 Å². The molecular weight excluding hydrogens is 292 g/mol. The molecule has 1 atom stereocenters. The highest BCUT2D eigenvalue weighted by Gasteiger charge is 2.24. The summed E-state index contributed by atoms with van der Waals surface area (Å²) in [6, 6.07) is -0.329. The van der Waals surface area contributed by atoms with Crippen LogP contribution >= 0.6 is 0 Å². The third-order valence-electron chi connectivity index (χ3n) is 3.07. The van der Waals surface area contributed by atoms with Crippen LogP contribution < -0.4 is 10.1 Å². The number of aromatic nitrogens is 2. The molecule has 21 heavy (non-hydrogen) atoms. The first-order valence-electron chi connectivity index (χ1n) is 6.94. The van der Waals surface area contributed by atoms with E-state index in [0.29, 0.717) is 18.8 Å². The van der Waals surface area contributed by atoms with Crippen LogP contribution in [0.15, 0.2) is 6.20 Å². The number of methoxy groups -OCH3 is 1. The monoisotopic (exact) mass is 318 g/mol. The fraction of sp³-hybridized carbons (Fsp3) is 0.769. The van der Waals surface area contributed by atoms with E-state index < -0.39 is 9.84 Å². The van der Waals surface area contributed by atoms with Crippen LogP contribution in [-0.2, 0) is 16.4 Å². The van der Waals surface area contributed by atoms with Crippen LogP contribution in [0.2, 0.25) is 0 Å². The lowest BCUT2D eigenvalue weighted by Crippen LogP contribution is -2.31. The van der Waals surface area contributed by atoms with Gasteiger partial charge in [0, 0.05) is 12.8 Å². The van der Waals surface area contributed by atoms with Crippen molar-refractivity contribution in [2.24, 2.45) is 0 Å². The summed E-state index contributed by atoms with van der Waals surface area (Å²) in [6.45, 7) is 4.11. The first kappa shape index (κ1) is 17.9. The molecular formula is C13H26N4O3S. The molecule has 0 saturated heterocycles. The van der Waals surface area contributed by atoms with Gasteiger partial charge in [-0.05, 0) is 20.6 Å². The highest BCUT2D eigenvalue weighted by atomic mass is 32.2. The fourth-order valence-electron chi connectivity index (χ4n) is 2.14. The number of likely N-dealkylation sites (N-methyl/N-ethyl adjacent to an activating group) is 1. The molecule has 122 valence electrons. The molecule has 7 nitrogen and oxygen atoms in total. The van der Waals surface area contributed by atoms with Crippen molar-refractivity contribution >= 4 is 9.84 Å². The van der Waals surface area contributed by atoms with E-state index in [9.17, 15) is 8.42 Å². The molecule has 0 saturated carbocycles. The molecule has 0 aliphatic rings. The Morgan fingerprint density at radius 1 is 1.48 bits per heavy atom. The maximum atomic E-state index is 11.7. The van der Waals surface area contributed by atoms with E-state index in [-0.39, 0.29) is 11.8 Å². The highest BCUT2D eigenvalue weighted by molar-refractivity contribution is 7.90. The smallest absolute Gasteiger partial charge is 0.161 e. The second-order valence-corrected chi connectivity index (χ2v) is 7.51. The van der Waals surface area contributed by atoms with E-state index >= 15 is 0 Å². The van der Waals surface area contributed by atoms with Gasteiger partial charge >= 0.3 is 0 Å². The van der Waals surface area contributed by atoms with Crippen LogP contribution in [0.5, 0.6) is 5.75 Å². The van der Waals surface area contributed by atoms with E-state index in [0.717, 1.165) is 12.2 Å². The van der Waals surface area contributed by atoms with E-state index in [2.05, 4.69) is 15.3 Å². The lowest BCUT2D eigenvalue weighted by atomic mass is 10.2. The van der Waals surface area contributed by atoms with Gasteiger partial charge in [-0.2, -0.15) is 5.10 Å². The number of sulfone groups is 1. The van der Waals surface area contributed by atoms with Gasteiger partial charge in [-0.1, -0.05) is 6.92 Å². The van der Waals surface area contributed by atoms with Crippen molar-refractivity contribution in [3.63, 3.8) is 0 Å². The molecule has 0 fully saturated rings. The minimum atomic E-state index is -3.11. The van der Waals surface area contributed by atoms with Gasteiger partial charge in [0.25, 0.3) is 0 Å². The number of hydrogen-bond acceptors (Lipinski definition) is 6. The Hall–Kier alpha value is -1.12. The molecule has 0 amide bonds. The Morgan fingerprint density at radius 2 is 2.14 bits per heavy atom. The van der Waals surface area contributed by atoms with Crippen LogP contribution in [0.25, 0.3) is 0 Å². The minimum Gasteiger partial charge on any atom is -0.493 e. The van der Waals surface area contributed by atoms with E-state index in [1.54, 1.807) is 13.3 Å². The zero-order valence-electron chi connectivity index (χ0n) is 13.5. The van der Waals surface area contributed by atoms with Crippen molar-refractivity contribution in [1.29, 1.82) is 0 Å². The SMILES string of the molecule is CCNC(CS(C)(=O)=O)c1c(OC)cnn1CCN(C)C. The van der Waals surface area contributed by atoms with Crippen LogP contribution in [0, 0.1) is 0 Å². The minimum absolute atomic E-state index is 0.0187. The normalized spacial score (nSPS) is 13.6. The topological polar surface area (TPSA) is 76.5 Å². The zero-order valence-corrected chi connectivity index (χ0v) is 14.3. The molecule has 0 radical (unpaired) electrons. The summed E-state index contributed by atoms with van der Waals surface area (Å²) < 4.78 is 30.5. The largest absolute Gasteiger partial charge is 0.493 e. The van der Waals surface area contributed by atoms with E-state index in [4.69, 9.17) is 4.74 Å². The second kappa shape index (κ2) is 7.77. The van der Waals surface area contributed by atoms with E-state index in [1.165, 1.54) is 6.26 Å². The molecule has 0 aromatic carbocycles. The average molecular weight is 318 g/mol. The van der Waals surface area contributed by atoms with Crippen molar-refractivity contribution < 1.29 is 13.2 Å². The summed E-state index contributed by atoms with van der Waals surface area (Å²) in [7, 11) is 2.43. The molecule has 0 spiro atoms. The van der Waals surface area contributed by atoms with Crippen molar-refractivity contribution in [2.75, 3.05) is 46.3 Å². The molecule has 1 aromatic heterocycles. The van der Waals surface area contributed by atoms with Gasteiger partial charge < -0.3 is 15.0 Å². The highest BCUT2D eigenvalue weighted by Crippen LogP contribution is 2.26. The van der Waals surface area contributed by atoms with Crippen molar-refractivity contribution in [3.05, 3.63) is 11.9 Å². The number of rotatable bonds is 9. The van der Waals surface area contributed by atoms with Gasteiger partial charge in [0.15, 0.2) is 5.75 Å². The lowest BCUT2D eigenvalue weighted by molar-refractivity contribution is 0.357. The Morgan fingerprint density at radius 3 is 2.62 bits per heavy atom. The number of nitrogens with one attached hydrogen (secondary N) is 1. The summed E-state index contributed by atoms with van der Waals surface area (Å²) in [5.74, 6) is 0.633. The van der Waals surface area contributed by atoms with Gasteiger partial charge in [0.05, 0.1) is 37.3 Å². The quantitative estimate of drug-likeness (QED) is 0.698.